The molecule has 0 radical (unpaired) electrons. The highest BCUT2D eigenvalue weighted by Gasteiger charge is 2.17. The highest BCUT2D eigenvalue weighted by Crippen LogP contribution is 2.21. The number of carbonyl (C=O) groups excluding carboxylic acids is 1. The van der Waals surface area contributed by atoms with E-state index in [-0.39, 0.29) is 5.91 Å². The molecule has 5 heteroatoms. The van der Waals surface area contributed by atoms with Crippen LogP contribution in [0.15, 0.2) is 65.2 Å². The van der Waals surface area contributed by atoms with Gasteiger partial charge < -0.3 is 14.6 Å². The molecule has 2 aromatic carbocycles. The maximum atomic E-state index is 12.3. The molecule has 1 saturated heterocycles. The minimum Gasteiger partial charge on any atom is -0.381 e. The SMILES string of the molecule is O=C(NCCC1CCOC1)c1cc(Cc2cccc(-c3ccccc3)c2)on1. The molecule has 1 fully saturated rings. The van der Waals surface area contributed by atoms with Crippen molar-refractivity contribution >= 4 is 5.91 Å². The van der Waals surface area contributed by atoms with E-state index in [2.05, 4.69) is 40.8 Å². The van der Waals surface area contributed by atoms with E-state index in [0.717, 1.165) is 37.2 Å². The van der Waals surface area contributed by atoms with Crippen LogP contribution in [-0.4, -0.2) is 30.8 Å². The lowest BCUT2D eigenvalue weighted by Crippen LogP contribution is -2.26. The fourth-order valence-corrected chi connectivity index (χ4v) is 3.49. The second-order valence-electron chi connectivity index (χ2n) is 7.20. The lowest BCUT2D eigenvalue weighted by atomic mass is 10.0. The quantitative estimate of drug-likeness (QED) is 0.675. The van der Waals surface area contributed by atoms with Gasteiger partial charge in [-0.05, 0) is 35.4 Å². The van der Waals surface area contributed by atoms with Crippen LogP contribution in [0.25, 0.3) is 11.1 Å². The summed E-state index contributed by atoms with van der Waals surface area (Å²) in [4.78, 5) is 12.3. The van der Waals surface area contributed by atoms with Gasteiger partial charge in [-0.3, -0.25) is 4.79 Å². The first-order valence-electron chi connectivity index (χ1n) is 9.74. The zero-order chi connectivity index (χ0) is 19.2. The van der Waals surface area contributed by atoms with Gasteiger partial charge in [-0.25, -0.2) is 0 Å². The number of nitrogens with one attached hydrogen (secondary N) is 1. The third kappa shape index (κ3) is 4.67. The Kier molecular flexibility index (Phi) is 5.83. The lowest BCUT2D eigenvalue weighted by molar-refractivity contribution is 0.0941. The highest BCUT2D eigenvalue weighted by molar-refractivity contribution is 5.92. The van der Waals surface area contributed by atoms with Gasteiger partial charge in [0.25, 0.3) is 5.91 Å². The second-order valence-corrected chi connectivity index (χ2v) is 7.20. The van der Waals surface area contributed by atoms with Crippen LogP contribution in [0, 0.1) is 5.92 Å². The summed E-state index contributed by atoms with van der Waals surface area (Å²) in [6, 6.07) is 20.3. The minimum atomic E-state index is -0.188. The second kappa shape index (κ2) is 8.85. The van der Waals surface area contributed by atoms with E-state index in [1.54, 1.807) is 6.07 Å². The van der Waals surface area contributed by atoms with Gasteiger partial charge in [0.15, 0.2) is 5.69 Å². The average molecular weight is 376 g/mol. The Morgan fingerprint density at radius 1 is 1.07 bits per heavy atom. The number of benzene rings is 2. The fraction of sp³-hybridized carbons (Fsp3) is 0.304. The maximum Gasteiger partial charge on any atom is 0.273 e. The molecule has 1 aliphatic heterocycles. The third-order valence-corrected chi connectivity index (χ3v) is 5.07. The number of nitrogens with zero attached hydrogens (tertiary/aromatic N) is 1. The summed E-state index contributed by atoms with van der Waals surface area (Å²) < 4.78 is 10.7. The van der Waals surface area contributed by atoms with Crippen molar-refractivity contribution in [3.8, 4) is 11.1 Å². The Morgan fingerprint density at radius 3 is 2.75 bits per heavy atom. The van der Waals surface area contributed by atoms with Crippen LogP contribution in [-0.2, 0) is 11.2 Å². The fourth-order valence-electron chi connectivity index (χ4n) is 3.49. The van der Waals surface area contributed by atoms with Crippen LogP contribution in [0.5, 0.6) is 0 Å². The third-order valence-electron chi connectivity index (χ3n) is 5.07. The largest absolute Gasteiger partial charge is 0.381 e. The molecule has 5 nitrogen and oxygen atoms in total. The monoisotopic (exact) mass is 376 g/mol. The normalized spacial score (nSPS) is 16.2. The molecule has 144 valence electrons. The molecule has 1 aromatic heterocycles. The molecule has 3 aromatic rings. The smallest absolute Gasteiger partial charge is 0.273 e. The number of carbonyl (C=O) groups is 1. The van der Waals surface area contributed by atoms with E-state index in [9.17, 15) is 4.79 Å². The number of hydrogen-bond donors (Lipinski definition) is 1. The van der Waals surface area contributed by atoms with Crippen LogP contribution < -0.4 is 5.32 Å². The predicted octanol–water partition coefficient (Wildman–Crippen LogP) is 4.09. The van der Waals surface area contributed by atoms with Gasteiger partial charge in [-0.1, -0.05) is 59.8 Å². The molecular weight excluding hydrogens is 352 g/mol. The zero-order valence-electron chi connectivity index (χ0n) is 15.8. The number of amides is 1. The van der Waals surface area contributed by atoms with E-state index in [1.165, 1.54) is 5.56 Å². The summed E-state index contributed by atoms with van der Waals surface area (Å²) in [7, 11) is 0. The van der Waals surface area contributed by atoms with E-state index in [0.29, 0.717) is 30.3 Å². The van der Waals surface area contributed by atoms with Crippen molar-refractivity contribution in [2.24, 2.45) is 5.92 Å². The topological polar surface area (TPSA) is 64.4 Å². The number of hydrogen-bond acceptors (Lipinski definition) is 4. The Morgan fingerprint density at radius 2 is 1.93 bits per heavy atom. The highest BCUT2D eigenvalue weighted by atomic mass is 16.5. The Hall–Kier alpha value is -2.92. The molecule has 0 bridgehead atoms. The molecule has 1 aliphatic rings. The van der Waals surface area contributed by atoms with Gasteiger partial charge in [0.05, 0.1) is 0 Å². The summed E-state index contributed by atoms with van der Waals surface area (Å²) in [5.74, 6) is 1.04. The maximum absolute atomic E-state index is 12.3. The van der Waals surface area contributed by atoms with E-state index >= 15 is 0 Å². The first kappa shape index (κ1) is 18.4. The first-order valence-corrected chi connectivity index (χ1v) is 9.74. The Bertz CT molecular complexity index is 914. The van der Waals surface area contributed by atoms with Gasteiger partial charge in [0.2, 0.25) is 0 Å². The van der Waals surface area contributed by atoms with Gasteiger partial charge in [-0.15, -0.1) is 0 Å². The number of rotatable bonds is 7. The molecule has 1 unspecified atom stereocenters. The summed E-state index contributed by atoms with van der Waals surface area (Å²) in [6.07, 6.45) is 2.61. The number of aromatic nitrogens is 1. The van der Waals surface area contributed by atoms with E-state index < -0.39 is 0 Å². The van der Waals surface area contributed by atoms with Crippen LogP contribution in [0.1, 0.15) is 34.7 Å². The van der Waals surface area contributed by atoms with E-state index in [1.807, 2.05) is 24.3 Å². The van der Waals surface area contributed by atoms with Crippen LogP contribution in [0.2, 0.25) is 0 Å². The van der Waals surface area contributed by atoms with Crippen molar-refractivity contribution in [1.29, 1.82) is 0 Å². The number of ether oxygens (including phenoxy) is 1. The van der Waals surface area contributed by atoms with Crippen LogP contribution in [0.3, 0.4) is 0 Å². The van der Waals surface area contributed by atoms with Gasteiger partial charge in [0.1, 0.15) is 5.76 Å². The predicted molar refractivity (Wildman–Crippen MR) is 107 cm³/mol. The molecule has 1 amide bonds. The van der Waals surface area contributed by atoms with Gasteiger partial charge in [0, 0.05) is 32.2 Å². The molecule has 1 N–H and O–H groups in total. The zero-order valence-corrected chi connectivity index (χ0v) is 15.8. The van der Waals surface area contributed by atoms with Gasteiger partial charge >= 0.3 is 0 Å². The van der Waals surface area contributed by atoms with Crippen molar-refractivity contribution in [3.63, 3.8) is 0 Å². The van der Waals surface area contributed by atoms with Gasteiger partial charge in [-0.2, -0.15) is 0 Å². The summed E-state index contributed by atoms with van der Waals surface area (Å²) in [5, 5.41) is 6.85. The molecule has 2 heterocycles. The minimum absolute atomic E-state index is 0.188. The molecular formula is C23H24N2O3. The first-order chi connectivity index (χ1) is 13.8. The standard InChI is InChI=1S/C23H24N2O3/c26-23(24-11-9-17-10-12-27-16-17)22-15-21(28-25-22)14-18-5-4-8-20(13-18)19-6-2-1-3-7-19/h1-8,13,15,17H,9-12,14,16H2,(H,24,26). The van der Waals surface area contributed by atoms with Crippen molar-refractivity contribution in [1.82, 2.24) is 10.5 Å². The lowest BCUT2D eigenvalue weighted by Gasteiger charge is -2.07. The van der Waals surface area contributed by atoms with Crippen molar-refractivity contribution in [3.05, 3.63) is 77.7 Å². The average Bonchev–Trinajstić information content (AvgIpc) is 3.41. The Balaban J connectivity index is 1.35. The van der Waals surface area contributed by atoms with Crippen molar-refractivity contribution in [2.45, 2.75) is 19.3 Å². The molecule has 28 heavy (non-hydrogen) atoms. The van der Waals surface area contributed by atoms with Crippen LogP contribution in [0.4, 0.5) is 0 Å². The van der Waals surface area contributed by atoms with Crippen molar-refractivity contribution < 1.29 is 14.1 Å². The van der Waals surface area contributed by atoms with Crippen molar-refractivity contribution in [2.75, 3.05) is 19.8 Å². The summed E-state index contributed by atoms with van der Waals surface area (Å²) in [5.41, 5.74) is 3.78. The molecule has 1 atom stereocenters. The Labute approximate surface area is 164 Å². The molecule has 4 rings (SSSR count). The molecule has 0 spiro atoms. The molecule has 0 saturated carbocycles. The summed E-state index contributed by atoms with van der Waals surface area (Å²) in [6.45, 7) is 2.26. The van der Waals surface area contributed by atoms with E-state index in [4.69, 9.17) is 9.26 Å². The summed E-state index contributed by atoms with van der Waals surface area (Å²) >= 11 is 0. The van der Waals surface area contributed by atoms with Crippen LogP contribution >= 0.6 is 0 Å². The molecule has 0 aliphatic carbocycles.